The number of carboxylic acid groups (broad SMARTS) is 1. The van der Waals surface area contributed by atoms with Crippen LogP contribution >= 0.6 is 11.6 Å². The van der Waals surface area contributed by atoms with Gasteiger partial charge in [-0.1, -0.05) is 16.8 Å². The second-order valence-corrected chi connectivity index (χ2v) is 4.19. The minimum absolute atomic E-state index is 0.0632. The number of carbonyl (C=O) groups excluding carboxylic acids is 1. The van der Waals surface area contributed by atoms with Crippen molar-refractivity contribution in [3.05, 3.63) is 40.9 Å². The van der Waals surface area contributed by atoms with Gasteiger partial charge in [0.25, 0.3) is 5.91 Å². The number of hydrogen-bond acceptors (Lipinski definition) is 4. The zero-order chi connectivity index (χ0) is 14.7. The third-order valence-electron chi connectivity index (χ3n) is 2.25. The van der Waals surface area contributed by atoms with E-state index in [9.17, 15) is 14.0 Å². The van der Waals surface area contributed by atoms with Crippen LogP contribution in [-0.4, -0.2) is 32.0 Å². The van der Waals surface area contributed by atoms with Gasteiger partial charge < -0.3 is 10.4 Å². The molecule has 104 valence electrons. The van der Waals surface area contributed by atoms with Crippen molar-refractivity contribution in [1.82, 2.24) is 15.0 Å². The Morgan fingerprint density at radius 1 is 1.45 bits per heavy atom. The van der Waals surface area contributed by atoms with E-state index in [4.69, 9.17) is 16.7 Å². The summed E-state index contributed by atoms with van der Waals surface area (Å²) < 4.78 is 14.0. The SMILES string of the molecule is O=C(O)Cn1cc(C(=O)Nc2ccc(F)c(Cl)c2)nn1. The number of carboxylic acids is 1. The van der Waals surface area contributed by atoms with E-state index in [1.54, 1.807) is 0 Å². The Morgan fingerprint density at radius 2 is 2.20 bits per heavy atom. The van der Waals surface area contributed by atoms with Crippen LogP contribution in [-0.2, 0) is 11.3 Å². The molecule has 20 heavy (non-hydrogen) atoms. The second kappa shape index (κ2) is 5.66. The summed E-state index contributed by atoms with van der Waals surface area (Å²) in [5.74, 6) is -2.31. The number of anilines is 1. The van der Waals surface area contributed by atoms with Crippen molar-refractivity contribution in [3.63, 3.8) is 0 Å². The number of aromatic nitrogens is 3. The Hall–Kier alpha value is -2.48. The van der Waals surface area contributed by atoms with E-state index in [2.05, 4.69) is 15.6 Å². The van der Waals surface area contributed by atoms with Crippen molar-refractivity contribution in [2.75, 3.05) is 5.32 Å². The van der Waals surface area contributed by atoms with Gasteiger partial charge in [0.15, 0.2) is 5.69 Å². The summed E-state index contributed by atoms with van der Waals surface area (Å²) in [6.45, 7) is -0.400. The Kier molecular flexibility index (Phi) is 3.94. The quantitative estimate of drug-likeness (QED) is 0.889. The summed E-state index contributed by atoms with van der Waals surface area (Å²) >= 11 is 5.58. The van der Waals surface area contributed by atoms with Gasteiger partial charge in [-0.2, -0.15) is 0 Å². The summed E-state index contributed by atoms with van der Waals surface area (Å²) in [4.78, 5) is 22.3. The molecule has 2 rings (SSSR count). The van der Waals surface area contributed by atoms with Crippen LogP contribution in [0.5, 0.6) is 0 Å². The lowest BCUT2D eigenvalue weighted by Crippen LogP contribution is -2.12. The van der Waals surface area contributed by atoms with Crippen molar-refractivity contribution in [1.29, 1.82) is 0 Å². The van der Waals surface area contributed by atoms with Crippen molar-refractivity contribution in [2.24, 2.45) is 0 Å². The monoisotopic (exact) mass is 298 g/mol. The molecular formula is C11H8ClFN4O3. The molecule has 0 aliphatic carbocycles. The van der Waals surface area contributed by atoms with Crippen LogP contribution in [0, 0.1) is 5.82 Å². The molecule has 0 spiro atoms. The smallest absolute Gasteiger partial charge is 0.325 e. The van der Waals surface area contributed by atoms with Gasteiger partial charge in [-0.05, 0) is 18.2 Å². The molecule has 1 heterocycles. The number of rotatable bonds is 4. The number of nitrogens with one attached hydrogen (secondary N) is 1. The minimum Gasteiger partial charge on any atom is -0.480 e. The molecular weight excluding hydrogens is 291 g/mol. The predicted octanol–water partition coefficient (Wildman–Crippen LogP) is 1.41. The predicted molar refractivity (Wildman–Crippen MR) is 67.0 cm³/mol. The van der Waals surface area contributed by atoms with Crippen LogP contribution in [0.3, 0.4) is 0 Å². The van der Waals surface area contributed by atoms with Gasteiger partial charge in [0.05, 0.1) is 11.2 Å². The van der Waals surface area contributed by atoms with Gasteiger partial charge in [0.2, 0.25) is 0 Å². The van der Waals surface area contributed by atoms with Crippen LogP contribution in [0.2, 0.25) is 5.02 Å². The first-order valence-electron chi connectivity index (χ1n) is 5.34. The molecule has 0 bridgehead atoms. The minimum atomic E-state index is -1.10. The average molecular weight is 299 g/mol. The highest BCUT2D eigenvalue weighted by Crippen LogP contribution is 2.19. The maximum absolute atomic E-state index is 13.0. The zero-order valence-electron chi connectivity index (χ0n) is 9.88. The maximum Gasteiger partial charge on any atom is 0.325 e. The third-order valence-corrected chi connectivity index (χ3v) is 2.54. The van der Waals surface area contributed by atoms with Crippen molar-refractivity contribution in [2.45, 2.75) is 6.54 Å². The maximum atomic E-state index is 13.0. The molecule has 9 heteroatoms. The van der Waals surface area contributed by atoms with Gasteiger partial charge in [0.1, 0.15) is 12.4 Å². The summed E-state index contributed by atoms with van der Waals surface area (Å²) in [6.07, 6.45) is 1.19. The highest BCUT2D eigenvalue weighted by molar-refractivity contribution is 6.31. The summed E-state index contributed by atoms with van der Waals surface area (Å²) in [7, 11) is 0. The fraction of sp³-hybridized carbons (Fsp3) is 0.0909. The largest absolute Gasteiger partial charge is 0.480 e. The van der Waals surface area contributed by atoms with Gasteiger partial charge in [0, 0.05) is 5.69 Å². The van der Waals surface area contributed by atoms with Crippen molar-refractivity contribution < 1.29 is 19.1 Å². The summed E-state index contributed by atoms with van der Waals surface area (Å²) in [5, 5.41) is 17.9. The van der Waals surface area contributed by atoms with Gasteiger partial charge in [-0.15, -0.1) is 5.10 Å². The molecule has 1 aromatic carbocycles. The lowest BCUT2D eigenvalue weighted by Gasteiger charge is -2.03. The number of benzene rings is 1. The number of aliphatic carboxylic acids is 1. The highest BCUT2D eigenvalue weighted by Gasteiger charge is 2.13. The lowest BCUT2D eigenvalue weighted by atomic mass is 10.3. The van der Waals surface area contributed by atoms with E-state index in [0.717, 1.165) is 10.7 Å². The molecule has 0 radical (unpaired) electrons. The van der Waals surface area contributed by atoms with Crippen LogP contribution in [0.4, 0.5) is 10.1 Å². The van der Waals surface area contributed by atoms with Crippen LogP contribution in [0.25, 0.3) is 0 Å². The van der Waals surface area contributed by atoms with Gasteiger partial charge in [-0.3, -0.25) is 9.59 Å². The van der Waals surface area contributed by atoms with E-state index in [1.165, 1.54) is 18.3 Å². The first kappa shape index (κ1) is 13.9. The lowest BCUT2D eigenvalue weighted by molar-refractivity contribution is -0.137. The molecule has 1 amide bonds. The number of halogens is 2. The Labute approximate surface area is 117 Å². The molecule has 0 atom stereocenters. The zero-order valence-corrected chi connectivity index (χ0v) is 10.6. The number of carbonyl (C=O) groups is 2. The fourth-order valence-electron chi connectivity index (χ4n) is 1.39. The number of amides is 1. The van der Waals surface area contributed by atoms with E-state index < -0.39 is 24.2 Å². The third kappa shape index (κ3) is 3.29. The molecule has 1 aromatic heterocycles. The summed E-state index contributed by atoms with van der Waals surface area (Å²) in [5.41, 5.74) is 0.223. The van der Waals surface area contributed by atoms with E-state index in [0.29, 0.717) is 0 Å². The molecule has 0 fully saturated rings. The van der Waals surface area contributed by atoms with Crippen molar-refractivity contribution in [3.8, 4) is 0 Å². The average Bonchev–Trinajstić information content (AvgIpc) is 2.81. The normalized spacial score (nSPS) is 10.3. The first-order valence-corrected chi connectivity index (χ1v) is 5.72. The molecule has 0 unspecified atom stereocenters. The number of nitrogens with zero attached hydrogens (tertiary/aromatic N) is 3. The van der Waals surface area contributed by atoms with Crippen molar-refractivity contribution >= 4 is 29.2 Å². The second-order valence-electron chi connectivity index (χ2n) is 3.78. The molecule has 0 aliphatic heterocycles. The van der Waals surface area contributed by atoms with E-state index >= 15 is 0 Å². The first-order chi connectivity index (χ1) is 9.45. The standard InChI is InChI=1S/C11H8ClFN4O3/c12-7-3-6(1-2-8(7)13)14-11(20)9-4-17(16-15-9)5-10(18)19/h1-4H,5H2,(H,14,20)(H,18,19). The molecule has 2 aromatic rings. The highest BCUT2D eigenvalue weighted by atomic mass is 35.5. The summed E-state index contributed by atoms with van der Waals surface area (Å²) in [6, 6.07) is 3.69. The molecule has 0 saturated heterocycles. The molecule has 0 saturated carbocycles. The molecule has 7 nitrogen and oxygen atoms in total. The van der Waals surface area contributed by atoms with Crippen LogP contribution in [0.15, 0.2) is 24.4 Å². The Morgan fingerprint density at radius 3 is 2.85 bits per heavy atom. The van der Waals surface area contributed by atoms with E-state index in [1.807, 2.05) is 0 Å². The fourth-order valence-corrected chi connectivity index (χ4v) is 1.57. The van der Waals surface area contributed by atoms with Gasteiger partial charge in [-0.25, -0.2) is 9.07 Å². The van der Waals surface area contributed by atoms with Crippen LogP contribution in [0.1, 0.15) is 10.5 Å². The van der Waals surface area contributed by atoms with Gasteiger partial charge >= 0.3 is 5.97 Å². The Balaban J connectivity index is 2.09. The van der Waals surface area contributed by atoms with Crippen LogP contribution < -0.4 is 5.32 Å². The molecule has 2 N–H and O–H groups in total. The Bertz CT molecular complexity index is 673. The number of hydrogen-bond donors (Lipinski definition) is 2. The topological polar surface area (TPSA) is 97.1 Å². The van der Waals surface area contributed by atoms with E-state index in [-0.39, 0.29) is 16.4 Å². The molecule has 0 aliphatic rings.